The summed E-state index contributed by atoms with van der Waals surface area (Å²) in [5.41, 5.74) is 1.02. The van der Waals surface area contributed by atoms with Crippen LogP contribution in [0.4, 0.5) is 10.5 Å². The summed E-state index contributed by atoms with van der Waals surface area (Å²) in [7, 11) is -3.19. The van der Waals surface area contributed by atoms with Crippen LogP contribution in [0, 0.1) is 6.92 Å². The van der Waals surface area contributed by atoms with E-state index in [0.717, 1.165) is 12.0 Å². The first-order valence-corrected chi connectivity index (χ1v) is 9.20. The van der Waals surface area contributed by atoms with Crippen molar-refractivity contribution in [1.82, 2.24) is 5.32 Å². The molecule has 0 aliphatic carbocycles. The van der Waals surface area contributed by atoms with Crippen molar-refractivity contribution in [2.24, 2.45) is 0 Å². The zero-order chi connectivity index (χ0) is 17.0. The van der Waals surface area contributed by atoms with Crippen molar-refractivity contribution < 1.29 is 17.6 Å². The topological polar surface area (TPSA) is 88.4 Å². The third kappa shape index (κ3) is 5.14. The Balaban J connectivity index is 2.06. The molecule has 0 aliphatic rings. The van der Waals surface area contributed by atoms with Crippen LogP contribution in [0.15, 0.2) is 40.8 Å². The highest BCUT2D eigenvalue weighted by Gasteiger charge is 2.15. The fraction of sp³-hybridized carbons (Fsp3) is 0.312. The van der Waals surface area contributed by atoms with Crippen molar-refractivity contribution >= 4 is 21.6 Å². The Kier molecular flexibility index (Phi) is 5.10. The SMILES string of the molecule is Cc1ccc([C@@H](C)NC(=O)Nc2ccccc2CS(C)(=O)=O)o1. The van der Waals surface area contributed by atoms with Gasteiger partial charge in [-0.15, -0.1) is 0 Å². The Labute approximate surface area is 135 Å². The number of urea groups is 1. The molecule has 23 heavy (non-hydrogen) atoms. The normalized spacial score (nSPS) is 12.7. The first-order valence-electron chi connectivity index (χ1n) is 7.14. The maximum Gasteiger partial charge on any atom is 0.319 e. The summed E-state index contributed by atoms with van der Waals surface area (Å²) in [6, 6.07) is 9.72. The molecule has 1 heterocycles. The number of amides is 2. The van der Waals surface area contributed by atoms with Gasteiger partial charge in [0, 0.05) is 11.9 Å². The molecule has 0 fully saturated rings. The van der Waals surface area contributed by atoms with E-state index in [0.29, 0.717) is 17.0 Å². The number of furan rings is 1. The van der Waals surface area contributed by atoms with Gasteiger partial charge in [0.15, 0.2) is 9.84 Å². The Morgan fingerprint density at radius 2 is 1.91 bits per heavy atom. The Hall–Kier alpha value is -2.28. The number of anilines is 1. The Bertz CT molecular complexity index is 796. The smallest absolute Gasteiger partial charge is 0.319 e. The summed E-state index contributed by atoms with van der Waals surface area (Å²) in [5, 5.41) is 5.44. The summed E-state index contributed by atoms with van der Waals surface area (Å²) >= 11 is 0. The fourth-order valence-corrected chi connectivity index (χ4v) is 2.98. The van der Waals surface area contributed by atoms with Gasteiger partial charge < -0.3 is 15.1 Å². The van der Waals surface area contributed by atoms with E-state index in [-0.39, 0.29) is 11.8 Å². The van der Waals surface area contributed by atoms with Crippen molar-refractivity contribution in [3.63, 3.8) is 0 Å². The summed E-state index contributed by atoms with van der Waals surface area (Å²) in [4.78, 5) is 12.1. The third-order valence-corrected chi connectivity index (χ3v) is 4.05. The minimum atomic E-state index is -3.19. The van der Waals surface area contributed by atoms with E-state index >= 15 is 0 Å². The van der Waals surface area contributed by atoms with E-state index in [4.69, 9.17) is 4.42 Å². The Morgan fingerprint density at radius 3 is 2.52 bits per heavy atom. The van der Waals surface area contributed by atoms with Crippen molar-refractivity contribution in [1.29, 1.82) is 0 Å². The Morgan fingerprint density at radius 1 is 1.22 bits per heavy atom. The van der Waals surface area contributed by atoms with Crippen LogP contribution >= 0.6 is 0 Å². The van der Waals surface area contributed by atoms with Crippen molar-refractivity contribution in [2.75, 3.05) is 11.6 Å². The second-order valence-corrected chi connectivity index (χ2v) is 7.64. The van der Waals surface area contributed by atoms with E-state index < -0.39 is 15.9 Å². The molecule has 0 spiro atoms. The van der Waals surface area contributed by atoms with Gasteiger partial charge in [-0.1, -0.05) is 18.2 Å². The first kappa shape index (κ1) is 17.1. The number of nitrogens with one attached hydrogen (secondary N) is 2. The number of carbonyl (C=O) groups is 1. The van der Waals surface area contributed by atoms with Gasteiger partial charge in [-0.25, -0.2) is 13.2 Å². The van der Waals surface area contributed by atoms with Crippen molar-refractivity contribution in [3.05, 3.63) is 53.5 Å². The van der Waals surface area contributed by atoms with Crippen LogP contribution in [0.5, 0.6) is 0 Å². The lowest BCUT2D eigenvalue weighted by molar-refractivity contribution is 0.247. The molecule has 2 aromatic rings. The van der Waals surface area contributed by atoms with Gasteiger partial charge >= 0.3 is 6.03 Å². The van der Waals surface area contributed by atoms with Crippen molar-refractivity contribution in [2.45, 2.75) is 25.6 Å². The number of hydrogen-bond donors (Lipinski definition) is 2. The minimum absolute atomic E-state index is 0.129. The number of para-hydroxylation sites is 1. The maximum absolute atomic E-state index is 12.1. The molecule has 0 bridgehead atoms. The summed E-state index contributed by atoms with van der Waals surface area (Å²) in [6.45, 7) is 3.64. The van der Waals surface area contributed by atoms with E-state index in [2.05, 4.69) is 10.6 Å². The van der Waals surface area contributed by atoms with Crippen LogP contribution in [0.1, 0.15) is 30.0 Å². The molecule has 0 saturated carbocycles. The molecule has 6 nitrogen and oxygen atoms in total. The van der Waals surface area contributed by atoms with Crippen molar-refractivity contribution in [3.8, 4) is 0 Å². The number of hydrogen-bond acceptors (Lipinski definition) is 4. The molecule has 124 valence electrons. The van der Waals surface area contributed by atoms with Gasteiger partial charge in [0.2, 0.25) is 0 Å². The number of sulfone groups is 1. The minimum Gasteiger partial charge on any atom is -0.464 e. The van der Waals surface area contributed by atoms with Gasteiger partial charge in [0.05, 0.1) is 11.8 Å². The highest BCUT2D eigenvalue weighted by molar-refractivity contribution is 7.89. The van der Waals surface area contributed by atoms with Gasteiger partial charge in [0.25, 0.3) is 0 Å². The van der Waals surface area contributed by atoms with E-state index in [1.807, 2.05) is 13.0 Å². The molecular formula is C16H20N2O4S. The average Bonchev–Trinajstić information content (AvgIpc) is 2.86. The number of rotatable bonds is 5. The lowest BCUT2D eigenvalue weighted by atomic mass is 10.2. The predicted octanol–water partition coefficient (Wildman–Crippen LogP) is 3.02. The molecule has 2 N–H and O–H groups in total. The summed E-state index contributed by atoms with van der Waals surface area (Å²) < 4.78 is 28.4. The zero-order valence-electron chi connectivity index (χ0n) is 13.3. The zero-order valence-corrected chi connectivity index (χ0v) is 14.1. The molecule has 2 rings (SSSR count). The molecule has 1 aromatic heterocycles. The van der Waals surface area contributed by atoms with Crippen LogP contribution in [-0.2, 0) is 15.6 Å². The molecular weight excluding hydrogens is 316 g/mol. The molecule has 1 aromatic carbocycles. The van der Waals surface area contributed by atoms with E-state index in [9.17, 15) is 13.2 Å². The van der Waals surface area contributed by atoms with Crippen LogP contribution in [-0.4, -0.2) is 20.7 Å². The molecule has 0 aliphatic heterocycles. The summed E-state index contributed by atoms with van der Waals surface area (Å²) in [6.07, 6.45) is 1.16. The molecule has 0 unspecified atom stereocenters. The standard InChI is InChI=1S/C16H20N2O4S/c1-11-8-9-15(22-11)12(2)17-16(19)18-14-7-5-4-6-13(14)10-23(3,20)21/h4-9,12H,10H2,1-3H3,(H2,17,18,19)/t12-/m1/s1. The van der Waals surface area contributed by atoms with Gasteiger partial charge in [0.1, 0.15) is 11.5 Å². The second-order valence-electron chi connectivity index (χ2n) is 5.50. The highest BCUT2D eigenvalue weighted by atomic mass is 32.2. The quantitative estimate of drug-likeness (QED) is 0.878. The first-order chi connectivity index (χ1) is 10.7. The molecule has 1 atom stereocenters. The average molecular weight is 336 g/mol. The maximum atomic E-state index is 12.1. The van der Waals surface area contributed by atoms with E-state index in [1.165, 1.54) is 0 Å². The van der Waals surface area contributed by atoms with Gasteiger partial charge in [-0.3, -0.25) is 0 Å². The number of carbonyl (C=O) groups excluding carboxylic acids is 1. The van der Waals surface area contributed by atoms with Gasteiger partial charge in [-0.2, -0.15) is 0 Å². The predicted molar refractivity (Wildman–Crippen MR) is 89.0 cm³/mol. The molecule has 2 amide bonds. The lowest BCUT2D eigenvalue weighted by Crippen LogP contribution is -2.31. The number of aryl methyl sites for hydroxylation is 1. The van der Waals surface area contributed by atoms with Crippen LogP contribution in [0.2, 0.25) is 0 Å². The van der Waals surface area contributed by atoms with Crippen LogP contribution in [0.25, 0.3) is 0 Å². The van der Waals surface area contributed by atoms with Crippen LogP contribution in [0.3, 0.4) is 0 Å². The third-order valence-electron chi connectivity index (χ3n) is 3.22. The molecule has 7 heteroatoms. The van der Waals surface area contributed by atoms with Crippen LogP contribution < -0.4 is 10.6 Å². The fourth-order valence-electron chi connectivity index (χ4n) is 2.16. The molecule has 0 radical (unpaired) electrons. The molecule has 0 saturated heterocycles. The van der Waals surface area contributed by atoms with Gasteiger partial charge in [-0.05, 0) is 37.6 Å². The number of benzene rings is 1. The summed E-state index contributed by atoms with van der Waals surface area (Å²) in [5.74, 6) is 1.30. The second kappa shape index (κ2) is 6.87. The highest BCUT2D eigenvalue weighted by Crippen LogP contribution is 2.19. The van der Waals surface area contributed by atoms with E-state index in [1.54, 1.807) is 37.3 Å². The lowest BCUT2D eigenvalue weighted by Gasteiger charge is -2.14. The monoisotopic (exact) mass is 336 g/mol. The largest absolute Gasteiger partial charge is 0.464 e.